The summed E-state index contributed by atoms with van der Waals surface area (Å²) in [6, 6.07) is 6.30. The average molecular weight is 346 g/mol. The predicted molar refractivity (Wildman–Crippen MR) is 92.6 cm³/mol. The Morgan fingerprint density at radius 3 is 2.84 bits per heavy atom. The van der Waals surface area contributed by atoms with Crippen LogP contribution in [0.15, 0.2) is 18.2 Å². The summed E-state index contributed by atoms with van der Waals surface area (Å²) in [5.74, 6) is 1.75. The number of benzene rings is 1. The molecule has 25 heavy (non-hydrogen) atoms. The van der Waals surface area contributed by atoms with Crippen LogP contribution in [0.2, 0.25) is 0 Å². The van der Waals surface area contributed by atoms with E-state index >= 15 is 0 Å². The Hall–Kier alpha value is -1.79. The quantitative estimate of drug-likeness (QED) is 0.884. The summed E-state index contributed by atoms with van der Waals surface area (Å²) >= 11 is 0. The lowest BCUT2D eigenvalue weighted by atomic mass is 10.1. The van der Waals surface area contributed by atoms with Crippen molar-refractivity contribution in [2.24, 2.45) is 0 Å². The number of morpholine rings is 1. The second-order valence-electron chi connectivity index (χ2n) is 7.05. The van der Waals surface area contributed by atoms with Crippen molar-refractivity contribution >= 4 is 5.91 Å². The molecule has 1 amide bonds. The molecule has 3 aliphatic rings. The van der Waals surface area contributed by atoms with E-state index in [0.717, 1.165) is 43.0 Å². The molecule has 1 aliphatic carbocycles. The summed E-state index contributed by atoms with van der Waals surface area (Å²) in [6.07, 6.45) is 5.05. The van der Waals surface area contributed by atoms with Crippen molar-refractivity contribution in [1.29, 1.82) is 0 Å². The van der Waals surface area contributed by atoms with Crippen molar-refractivity contribution < 1.29 is 19.0 Å². The first-order valence-electron chi connectivity index (χ1n) is 9.30. The van der Waals surface area contributed by atoms with Crippen molar-refractivity contribution in [3.63, 3.8) is 0 Å². The third-order valence-corrected chi connectivity index (χ3v) is 5.28. The van der Waals surface area contributed by atoms with Crippen LogP contribution in [0.5, 0.6) is 11.5 Å². The van der Waals surface area contributed by atoms with E-state index in [-0.39, 0.29) is 18.8 Å². The Labute approximate surface area is 148 Å². The van der Waals surface area contributed by atoms with Crippen LogP contribution in [-0.4, -0.2) is 49.4 Å². The van der Waals surface area contributed by atoms with Crippen LogP contribution >= 0.6 is 0 Å². The van der Waals surface area contributed by atoms with Gasteiger partial charge in [0.05, 0.1) is 19.1 Å². The van der Waals surface area contributed by atoms with Crippen molar-refractivity contribution in [3.8, 4) is 11.5 Å². The van der Waals surface area contributed by atoms with Crippen LogP contribution in [0.3, 0.4) is 0 Å². The number of nitrogens with zero attached hydrogens (tertiary/aromatic N) is 1. The lowest BCUT2D eigenvalue weighted by Gasteiger charge is -2.32. The summed E-state index contributed by atoms with van der Waals surface area (Å²) < 4.78 is 16.6. The molecule has 0 spiro atoms. The van der Waals surface area contributed by atoms with E-state index in [2.05, 4.69) is 10.2 Å². The summed E-state index contributed by atoms with van der Waals surface area (Å²) in [5.41, 5.74) is 1.09. The molecule has 0 bridgehead atoms. The highest BCUT2D eigenvalue weighted by Gasteiger charge is 2.29. The average Bonchev–Trinajstić information content (AvgIpc) is 3.31. The molecular formula is C19H26N2O4. The van der Waals surface area contributed by atoms with Crippen molar-refractivity contribution in [3.05, 3.63) is 23.8 Å². The van der Waals surface area contributed by atoms with E-state index in [0.29, 0.717) is 25.6 Å². The maximum absolute atomic E-state index is 13.0. The molecule has 1 aromatic rings. The number of fused-ring (bicyclic) bond motifs is 1. The number of hydrogen-bond acceptors (Lipinski definition) is 5. The van der Waals surface area contributed by atoms with Gasteiger partial charge in [0.1, 0.15) is 0 Å². The van der Waals surface area contributed by atoms with Gasteiger partial charge in [-0.25, -0.2) is 0 Å². The Bertz CT molecular complexity index is 609. The summed E-state index contributed by atoms with van der Waals surface area (Å²) in [4.78, 5) is 15.1. The van der Waals surface area contributed by atoms with Gasteiger partial charge in [0.15, 0.2) is 11.5 Å². The van der Waals surface area contributed by atoms with E-state index in [1.807, 2.05) is 18.2 Å². The topological polar surface area (TPSA) is 60.0 Å². The highest BCUT2D eigenvalue weighted by Crippen LogP contribution is 2.34. The molecule has 136 valence electrons. The Kier molecular flexibility index (Phi) is 5.08. The van der Waals surface area contributed by atoms with E-state index in [9.17, 15) is 4.79 Å². The zero-order chi connectivity index (χ0) is 17.1. The standard InChI is InChI=1S/C19H26N2O4/c22-19(10-16-11-20-7-8-23-16)21(15-3-1-2-4-15)12-14-5-6-17-18(9-14)25-13-24-17/h5-6,9,15-16,20H,1-4,7-8,10-13H2/t16-/m0/s1. The number of ether oxygens (including phenoxy) is 3. The number of nitrogens with one attached hydrogen (secondary N) is 1. The maximum Gasteiger partial charge on any atom is 0.231 e. The molecule has 4 rings (SSSR count). The van der Waals surface area contributed by atoms with Gasteiger partial charge in [0.2, 0.25) is 12.7 Å². The van der Waals surface area contributed by atoms with Gasteiger partial charge < -0.3 is 24.4 Å². The molecule has 1 atom stereocenters. The molecule has 1 aromatic carbocycles. The van der Waals surface area contributed by atoms with Crippen LogP contribution in [0.1, 0.15) is 37.7 Å². The molecule has 1 saturated carbocycles. The Morgan fingerprint density at radius 2 is 2.04 bits per heavy atom. The summed E-state index contributed by atoms with van der Waals surface area (Å²) in [5, 5.41) is 3.30. The first kappa shape index (κ1) is 16.7. The monoisotopic (exact) mass is 346 g/mol. The number of carbonyl (C=O) groups is 1. The number of carbonyl (C=O) groups excluding carboxylic acids is 1. The van der Waals surface area contributed by atoms with Gasteiger partial charge in [-0.05, 0) is 30.5 Å². The van der Waals surface area contributed by atoms with Gasteiger partial charge in [0, 0.05) is 25.7 Å². The van der Waals surface area contributed by atoms with Crippen molar-refractivity contribution in [1.82, 2.24) is 10.2 Å². The van der Waals surface area contributed by atoms with Crippen LogP contribution in [-0.2, 0) is 16.1 Å². The molecule has 6 nitrogen and oxygen atoms in total. The third-order valence-electron chi connectivity index (χ3n) is 5.28. The van der Waals surface area contributed by atoms with E-state index in [1.165, 1.54) is 12.8 Å². The highest BCUT2D eigenvalue weighted by atomic mass is 16.7. The smallest absolute Gasteiger partial charge is 0.231 e. The molecule has 6 heteroatoms. The predicted octanol–water partition coefficient (Wildman–Crippen LogP) is 2.06. The lowest BCUT2D eigenvalue weighted by molar-refractivity contribution is -0.137. The molecule has 0 unspecified atom stereocenters. The fourth-order valence-corrected chi connectivity index (χ4v) is 3.94. The van der Waals surface area contributed by atoms with Crippen LogP contribution in [0.4, 0.5) is 0 Å². The Balaban J connectivity index is 1.46. The second-order valence-corrected chi connectivity index (χ2v) is 7.05. The van der Waals surface area contributed by atoms with E-state index < -0.39 is 0 Å². The fraction of sp³-hybridized carbons (Fsp3) is 0.632. The van der Waals surface area contributed by atoms with Crippen molar-refractivity contribution in [2.45, 2.75) is 50.8 Å². The summed E-state index contributed by atoms with van der Waals surface area (Å²) in [7, 11) is 0. The molecule has 1 saturated heterocycles. The lowest BCUT2D eigenvalue weighted by Crippen LogP contribution is -2.44. The molecule has 0 aromatic heterocycles. The first-order valence-corrected chi connectivity index (χ1v) is 9.30. The number of amides is 1. The second kappa shape index (κ2) is 7.62. The fourth-order valence-electron chi connectivity index (χ4n) is 3.94. The van der Waals surface area contributed by atoms with Gasteiger partial charge in [-0.2, -0.15) is 0 Å². The molecule has 2 aliphatic heterocycles. The van der Waals surface area contributed by atoms with Gasteiger partial charge in [-0.3, -0.25) is 4.79 Å². The minimum atomic E-state index is -0.0121. The van der Waals surface area contributed by atoms with Gasteiger partial charge in [0.25, 0.3) is 0 Å². The van der Waals surface area contributed by atoms with Crippen LogP contribution in [0, 0.1) is 0 Å². The number of hydrogen-bond donors (Lipinski definition) is 1. The third kappa shape index (κ3) is 3.90. The van der Waals surface area contributed by atoms with E-state index in [1.54, 1.807) is 0 Å². The van der Waals surface area contributed by atoms with E-state index in [4.69, 9.17) is 14.2 Å². The van der Waals surface area contributed by atoms with Crippen LogP contribution in [0.25, 0.3) is 0 Å². The molecule has 1 N–H and O–H groups in total. The zero-order valence-electron chi connectivity index (χ0n) is 14.5. The minimum absolute atomic E-state index is 0.0121. The first-order chi connectivity index (χ1) is 12.3. The maximum atomic E-state index is 13.0. The molecule has 0 radical (unpaired) electrons. The summed E-state index contributed by atoms with van der Waals surface area (Å²) in [6.45, 7) is 3.21. The normalized spacial score (nSPS) is 23.0. The Morgan fingerprint density at radius 1 is 1.20 bits per heavy atom. The molecular weight excluding hydrogens is 320 g/mol. The zero-order valence-corrected chi connectivity index (χ0v) is 14.5. The van der Waals surface area contributed by atoms with Gasteiger partial charge >= 0.3 is 0 Å². The van der Waals surface area contributed by atoms with Gasteiger partial charge in [-0.15, -0.1) is 0 Å². The number of rotatable bonds is 5. The largest absolute Gasteiger partial charge is 0.454 e. The minimum Gasteiger partial charge on any atom is -0.454 e. The highest BCUT2D eigenvalue weighted by molar-refractivity contribution is 5.77. The van der Waals surface area contributed by atoms with Crippen molar-refractivity contribution in [2.75, 3.05) is 26.5 Å². The molecule has 2 fully saturated rings. The van der Waals surface area contributed by atoms with Crippen LogP contribution < -0.4 is 14.8 Å². The SMILES string of the molecule is O=C(C[C@H]1CNCCO1)N(Cc1ccc2c(c1)OCO2)C1CCCC1. The molecule has 2 heterocycles. The van der Waals surface area contributed by atoms with Gasteiger partial charge in [-0.1, -0.05) is 18.9 Å².